The van der Waals surface area contributed by atoms with Gasteiger partial charge in [-0.05, 0) is 36.6 Å². The fourth-order valence-electron chi connectivity index (χ4n) is 3.80. The van der Waals surface area contributed by atoms with Gasteiger partial charge in [0, 0.05) is 10.4 Å². The molecular weight excluding hydrogens is 272 g/mol. The molecule has 1 aliphatic heterocycles. The summed E-state index contributed by atoms with van der Waals surface area (Å²) in [6.07, 6.45) is 7.56. The maximum Gasteiger partial charge on any atom is 0.306 e. The number of hydrogen-bond donors (Lipinski definition) is 1. The van der Waals surface area contributed by atoms with Crippen LogP contribution < -0.4 is 0 Å². The molecule has 0 bridgehead atoms. The van der Waals surface area contributed by atoms with E-state index in [0.29, 0.717) is 12.0 Å². The average Bonchev–Trinajstić information content (AvgIpc) is 3.10. The Hall–Kier alpha value is -1.62. The first-order valence-electron chi connectivity index (χ1n) is 7.08. The Balaban J connectivity index is 1.71. The van der Waals surface area contributed by atoms with Crippen molar-refractivity contribution in [2.75, 3.05) is 0 Å². The molecule has 0 amide bonds. The summed E-state index contributed by atoms with van der Waals surface area (Å²) in [5, 5.41) is 11.4. The van der Waals surface area contributed by atoms with E-state index in [2.05, 4.69) is 21.0 Å². The maximum atomic E-state index is 11.3. The summed E-state index contributed by atoms with van der Waals surface area (Å²) in [7, 11) is 0. The highest BCUT2D eigenvalue weighted by atomic mass is 32.1. The third-order valence-corrected chi connectivity index (χ3v) is 5.70. The average molecular weight is 288 g/mol. The number of thiophene rings is 1. The number of fused-ring (bicyclic) bond motifs is 3. The molecule has 2 aromatic rings. The Morgan fingerprint density at radius 3 is 3.20 bits per heavy atom. The van der Waals surface area contributed by atoms with E-state index >= 15 is 0 Å². The predicted octanol–water partition coefficient (Wildman–Crippen LogP) is 3.41. The topological polar surface area (TPSA) is 55.1 Å². The van der Waals surface area contributed by atoms with E-state index in [4.69, 9.17) is 0 Å². The van der Waals surface area contributed by atoms with Gasteiger partial charge in [0.1, 0.15) is 0 Å². The minimum Gasteiger partial charge on any atom is -0.481 e. The second kappa shape index (κ2) is 4.45. The van der Waals surface area contributed by atoms with Crippen LogP contribution >= 0.6 is 11.3 Å². The summed E-state index contributed by atoms with van der Waals surface area (Å²) in [6.45, 7) is 0. The van der Waals surface area contributed by atoms with Gasteiger partial charge in [0.2, 0.25) is 0 Å². The molecule has 4 rings (SSSR count). The number of carboxylic acids is 1. The molecule has 0 saturated heterocycles. The van der Waals surface area contributed by atoms with Crippen LogP contribution in [0.25, 0.3) is 11.3 Å². The van der Waals surface area contributed by atoms with Gasteiger partial charge in [0.15, 0.2) is 0 Å². The summed E-state index contributed by atoms with van der Waals surface area (Å²) in [5.74, 6) is -0.396. The van der Waals surface area contributed by atoms with Crippen molar-refractivity contribution in [2.24, 2.45) is 11.8 Å². The van der Waals surface area contributed by atoms with Crippen molar-refractivity contribution >= 4 is 17.3 Å². The molecule has 3 heterocycles. The molecule has 1 N–H and O–H groups in total. The Labute approximate surface area is 121 Å². The molecule has 1 saturated carbocycles. The number of imidazole rings is 1. The zero-order valence-electron chi connectivity index (χ0n) is 11.0. The lowest BCUT2D eigenvalue weighted by Crippen LogP contribution is -2.27. The van der Waals surface area contributed by atoms with Crippen molar-refractivity contribution in [1.82, 2.24) is 9.55 Å². The van der Waals surface area contributed by atoms with Crippen LogP contribution in [0.5, 0.6) is 0 Å². The van der Waals surface area contributed by atoms with Crippen LogP contribution in [-0.4, -0.2) is 20.6 Å². The van der Waals surface area contributed by atoms with E-state index in [1.54, 1.807) is 11.3 Å². The number of aromatic nitrogens is 2. The molecule has 3 atom stereocenters. The normalized spacial score (nSPS) is 28.1. The number of rotatable bonds is 2. The van der Waals surface area contributed by atoms with E-state index in [-0.39, 0.29) is 5.92 Å². The van der Waals surface area contributed by atoms with Gasteiger partial charge in [0.05, 0.1) is 30.2 Å². The van der Waals surface area contributed by atoms with Gasteiger partial charge in [-0.3, -0.25) is 4.79 Å². The Bertz CT molecular complexity index is 620. The lowest BCUT2D eigenvalue weighted by Gasteiger charge is -2.31. The van der Waals surface area contributed by atoms with E-state index in [0.717, 1.165) is 25.7 Å². The zero-order valence-corrected chi connectivity index (χ0v) is 11.8. The third-order valence-electron chi connectivity index (χ3n) is 4.72. The molecule has 1 fully saturated rings. The maximum absolute atomic E-state index is 11.3. The fourth-order valence-corrected chi connectivity index (χ4v) is 4.90. The van der Waals surface area contributed by atoms with Crippen molar-refractivity contribution in [3.05, 3.63) is 28.8 Å². The van der Waals surface area contributed by atoms with Crippen molar-refractivity contribution in [2.45, 2.75) is 31.7 Å². The summed E-state index contributed by atoms with van der Waals surface area (Å²) < 4.78 is 2.25. The predicted molar refractivity (Wildman–Crippen MR) is 76.8 cm³/mol. The molecule has 0 spiro atoms. The van der Waals surface area contributed by atoms with Crippen molar-refractivity contribution in [3.8, 4) is 11.3 Å². The molecule has 20 heavy (non-hydrogen) atoms. The van der Waals surface area contributed by atoms with Gasteiger partial charge in [-0.25, -0.2) is 4.98 Å². The standard InChI is InChI=1S/C15H16N2O2S/c18-15(19)10-3-1-2-9(6-10)13-14-11(4-5-20-14)12-7-16-8-17(12)13/h4-5,7-10,13H,1-3,6H2,(H,18,19)/t9-,10+,13?/m1/s1. The van der Waals surface area contributed by atoms with Crippen LogP contribution in [0.4, 0.5) is 0 Å². The minimum atomic E-state index is -0.634. The summed E-state index contributed by atoms with van der Waals surface area (Å²) >= 11 is 1.79. The zero-order chi connectivity index (χ0) is 13.7. The highest BCUT2D eigenvalue weighted by Crippen LogP contribution is 2.49. The monoisotopic (exact) mass is 288 g/mol. The summed E-state index contributed by atoms with van der Waals surface area (Å²) in [4.78, 5) is 16.9. The smallest absolute Gasteiger partial charge is 0.306 e. The van der Waals surface area contributed by atoms with Crippen LogP contribution in [0.2, 0.25) is 0 Å². The highest BCUT2D eigenvalue weighted by Gasteiger charge is 2.39. The second-order valence-electron chi connectivity index (χ2n) is 5.79. The number of hydrogen-bond acceptors (Lipinski definition) is 3. The highest BCUT2D eigenvalue weighted by molar-refractivity contribution is 7.10. The molecule has 104 valence electrons. The Morgan fingerprint density at radius 1 is 1.45 bits per heavy atom. The molecule has 0 aromatic carbocycles. The molecular formula is C15H16N2O2S. The minimum absolute atomic E-state index is 0.176. The first-order valence-corrected chi connectivity index (χ1v) is 7.96. The number of aliphatic carboxylic acids is 1. The largest absolute Gasteiger partial charge is 0.481 e. The number of nitrogens with zero attached hydrogens (tertiary/aromatic N) is 2. The van der Waals surface area contributed by atoms with E-state index in [1.807, 2.05) is 12.5 Å². The molecule has 2 aliphatic rings. The Morgan fingerprint density at radius 2 is 2.35 bits per heavy atom. The van der Waals surface area contributed by atoms with Crippen LogP contribution in [0, 0.1) is 11.8 Å². The first-order chi connectivity index (χ1) is 9.75. The summed E-state index contributed by atoms with van der Waals surface area (Å²) in [5.41, 5.74) is 2.47. The van der Waals surface area contributed by atoms with Crippen molar-refractivity contribution in [1.29, 1.82) is 0 Å². The molecule has 1 unspecified atom stereocenters. The SMILES string of the molecule is O=C(O)[C@H]1CCC[C@@H](C2c3sccc3-c3cncn32)C1. The lowest BCUT2D eigenvalue weighted by atomic mass is 9.77. The first kappa shape index (κ1) is 12.1. The molecule has 5 heteroatoms. The number of carbonyl (C=O) groups is 1. The molecule has 4 nitrogen and oxygen atoms in total. The van der Waals surface area contributed by atoms with Crippen LogP contribution in [0.3, 0.4) is 0 Å². The van der Waals surface area contributed by atoms with Crippen molar-refractivity contribution in [3.63, 3.8) is 0 Å². The Kier molecular flexibility index (Phi) is 2.70. The fraction of sp³-hybridized carbons (Fsp3) is 0.467. The lowest BCUT2D eigenvalue weighted by molar-refractivity contribution is -0.143. The van der Waals surface area contributed by atoms with Gasteiger partial charge < -0.3 is 9.67 Å². The van der Waals surface area contributed by atoms with Gasteiger partial charge >= 0.3 is 5.97 Å². The second-order valence-corrected chi connectivity index (χ2v) is 6.74. The van der Waals surface area contributed by atoms with Gasteiger partial charge in [0.25, 0.3) is 0 Å². The van der Waals surface area contributed by atoms with Gasteiger partial charge in [-0.15, -0.1) is 11.3 Å². The van der Waals surface area contributed by atoms with Crippen LogP contribution in [0.1, 0.15) is 36.6 Å². The van der Waals surface area contributed by atoms with Crippen LogP contribution in [0.15, 0.2) is 24.0 Å². The quantitative estimate of drug-likeness (QED) is 0.921. The third kappa shape index (κ3) is 1.66. The van der Waals surface area contributed by atoms with Gasteiger partial charge in [-0.2, -0.15) is 0 Å². The van der Waals surface area contributed by atoms with E-state index < -0.39 is 5.97 Å². The van der Waals surface area contributed by atoms with E-state index in [9.17, 15) is 9.90 Å². The number of carboxylic acid groups (broad SMARTS) is 1. The molecule has 0 radical (unpaired) electrons. The van der Waals surface area contributed by atoms with E-state index in [1.165, 1.54) is 16.1 Å². The van der Waals surface area contributed by atoms with Crippen LogP contribution in [-0.2, 0) is 4.79 Å². The van der Waals surface area contributed by atoms with Crippen molar-refractivity contribution < 1.29 is 9.90 Å². The molecule has 2 aromatic heterocycles. The molecule has 1 aliphatic carbocycles. The summed E-state index contributed by atoms with van der Waals surface area (Å²) in [6, 6.07) is 2.45. The van der Waals surface area contributed by atoms with Gasteiger partial charge in [-0.1, -0.05) is 6.42 Å².